The summed E-state index contributed by atoms with van der Waals surface area (Å²) >= 11 is 0. The molecule has 5 nitrogen and oxygen atoms in total. The Morgan fingerprint density at radius 2 is 1.79 bits per heavy atom. The van der Waals surface area contributed by atoms with Crippen LogP contribution in [0.1, 0.15) is 23.0 Å². The van der Waals surface area contributed by atoms with E-state index in [4.69, 9.17) is 9.52 Å². The highest BCUT2D eigenvalue weighted by Crippen LogP contribution is 2.21. The topological polar surface area (TPSA) is 79.5 Å². The van der Waals surface area contributed by atoms with Gasteiger partial charge in [-0.15, -0.1) is 0 Å². The van der Waals surface area contributed by atoms with Gasteiger partial charge in [0, 0.05) is 11.0 Å². The molecule has 1 heterocycles. The van der Waals surface area contributed by atoms with Crippen molar-refractivity contribution in [2.24, 2.45) is 0 Å². The van der Waals surface area contributed by atoms with Crippen LogP contribution in [0.3, 0.4) is 0 Å². The van der Waals surface area contributed by atoms with Crippen LogP contribution in [0.4, 0.5) is 5.69 Å². The molecule has 0 aliphatic rings. The number of anilines is 1. The van der Waals surface area contributed by atoms with E-state index in [1.165, 1.54) is 6.07 Å². The van der Waals surface area contributed by atoms with E-state index >= 15 is 0 Å². The fourth-order valence-electron chi connectivity index (χ4n) is 2.35. The standard InChI is InChI=1S/C19H15NO4/c1-12(10-14-11-13-6-2-5-9-17(13)24-14)18(21)20-16-8-4-3-7-15(16)19(22)23/h2-11H,1H3,(H,20,21)(H,22,23)/b12-10+. The maximum atomic E-state index is 12.3. The SMILES string of the molecule is C/C(=C\c1cc2ccccc2o1)C(=O)Nc1ccccc1C(=O)O. The van der Waals surface area contributed by atoms with Crippen molar-refractivity contribution >= 4 is 34.6 Å². The summed E-state index contributed by atoms with van der Waals surface area (Å²) in [5.41, 5.74) is 1.46. The Kier molecular flexibility index (Phi) is 4.16. The minimum Gasteiger partial charge on any atom is -0.478 e. The molecular formula is C19H15NO4. The van der Waals surface area contributed by atoms with Crippen molar-refractivity contribution in [1.82, 2.24) is 0 Å². The van der Waals surface area contributed by atoms with Gasteiger partial charge in [0.1, 0.15) is 11.3 Å². The van der Waals surface area contributed by atoms with Crippen LogP contribution in [0.2, 0.25) is 0 Å². The summed E-state index contributed by atoms with van der Waals surface area (Å²) in [5, 5.41) is 12.7. The number of furan rings is 1. The number of carbonyl (C=O) groups is 2. The van der Waals surface area contributed by atoms with Gasteiger partial charge in [-0.25, -0.2) is 4.79 Å². The Morgan fingerprint density at radius 3 is 2.54 bits per heavy atom. The summed E-state index contributed by atoms with van der Waals surface area (Å²) in [6, 6.07) is 15.7. The lowest BCUT2D eigenvalue weighted by Crippen LogP contribution is -2.15. The van der Waals surface area contributed by atoms with Crippen molar-refractivity contribution in [2.45, 2.75) is 6.92 Å². The molecule has 0 saturated heterocycles. The average Bonchev–Trinajstić information content (AvgIpc) is 2.97. The van der Waals surface area contributed by atoms with Crippen molar-refractivity contribution in [2.75, 3.05) is 5.32 Å². The van der Waals surface area contributed by atoms with Crippen LogP contribution in [-0.2, 0) is 4.79 Å². The molecule has 0 radical (unpaired) electrons. The Hall–Kier alpha value is -3.34. The zero-order valence-corrected chi connectivity index (χ0v) is 12.9. The number of benzene rings is 2. The number of hydrogen-bond donors (Lipinski definition) is 2. The molecule has 24 heavy (non-hydrogen) atoms. The molecule has 3 aromatic rings. The molecule has 0 bridgehead atoms. The van der Waals surface area contributed by atoms with E-state index in [9.17, 15) is 9.59 Å². The third kappa shape index (κ3) is 3.20. The van der Waals surface area contributed by atoms with Gasteiger partial charge in [0.05, 0.1) is 11.3 Å². The summed E-state index contributed by atoms with van der Waals surface area (Å²) < 4.78 is 5.65. The lowest BCUT2D eigenvalue weighted by molar-refractivity contribution is -0.112. The van der Waals surface area contributed by atoms with Gasteiger partial charge in [0.25, 0.3) is 5.91 Å². The second kappa shape index (κ2) is 6.42. The zero-order chi connectivity index (χ0) is 17.1. The van der Waals surface area contributed by atoms with Crippen LogP contribution in [0, 0.1) is 0 Å². The predicted octanol–water partition coefficient (Wildman–Crippen LogP) is 4.17. The smallest absolute Gasteiger partial charge is 0.337 e. The Morgan fingerprint density at radius 1 is 1.08 bits per heavy atom. The quantitative estimate of drug-likeness (QED) is 0.707. The molecule has 0 saturated carbocycles. The molecule has 2 N–H and O–H groups in total. The summed E-state index contributed by atoms with van der Waals surface area (Å²) in [5.74, 6) is -0.913. The first-order valence-electron chi connectivity index (χ1n) is 7.35. The molecule has 0 atom stereocenters. The lowest BCUT2D eigenvalue weighted by atomic mass is 10.1. The molecule has 3 rings (SSSR count). The second-order valence-electron chi connectivity index (χ2n) is 5.32. The third-order valence-electron chi connectivity index (χ3n) is 3.57. The van der Waals surface area contributed by atoms with Crippen LogP contribution < -0.4 is 5.32 Å². The van der Waals surface area contributed by atoms with Gasteiger partial charge in [-0.3, -0.25) is 4.79 Å². The first-order valence-corrected chi connectivity index (χ1v) is 7.35. The van der Waals surface area contributed by atoms with E-state index in [0.29, 0.717) is 11.3 Å². The Balaban J connectivity index is 1.83. The predicted molar refractivity (Wildman–Crippen MR) is 91.9 cm³/mol. The largest absolute Gasteiger partial charge is 0.478 e. The number of rotatable bonds is 4. The summed E-state index contributed by atoms with van der Waals surface area (Å²) in [7, 11) is 0. The maximum Gasteiger partial charge on any atom is 0.337 e. The number of carboxylic acids is 1. The van der Waals surface area contributed by atoms with Crippen molar-refractivity contribution in [3.63, 3.8) is 0 Å². The number of nitrogens with one attached hydrogen (secondary N) is 1. The number of hydrogen-bond acceptors (Lipinski definition) is 3. The third-order valence-corrected chi connectivity index (χ3v) is 3.57. The number of aromatic carboxylic acids is 1. The second-order valence-corrected chi connectivity index (χ2v) is 5.32. The molecule has 0 spiro atoms. The highest BCUT2D eigenvalue weighted by Gasteiger charge is 2.13. The van der Waals surface area contributed by atoms with E-state index < -0.39 is 5.97 Å². The minimum absolute atomic E-state index is 0.0439. The summed E-state index contributed by atoms with van der Waals surface area (Å²) in [6.07, 6.45) is 1.62. The molecule has 120 valence electrons. The molecule has 1 amide bonds. The van der Waals surface area contributed by atoms with Crippen molar-refractivity contribution in [1.29, 1.82) is 0 Å². The molecule has 2 aromatic carbocycles. The van der Waals surface area contributed by atoms with Crippen LogP contribution in [0.25, 0.3) is 17.0 Å². The fourth-order valence-corrected chi connectivity index (χ4v) is 2.35. The van der Waals surface area contributed by atoms with Gasteiger partial charge in [0.15, 0.2) is 0 Å². The molecule has 0 aliphatic carbocycles. The molecule has 5 heteroatoms. The van der Waals surface area contributed by atoms with Gasteiger partial charge in [-0.1, -0.05) is 30.3 Å². The van der Waals surface area contributed by atoms with Gasteiger partial charge in [-0.2, -0.15) is 0 Å². The van der Waals surface area contributed by atoms with E-state index in [1.54, 1.807) is 31.2 Å². The normalized spacial score (nSPS) is 11.5. The highest BCUT2D eigenvalue weighted by molar-refractivity contribution is 6.09. The number of carbonyl (C=O) groups excluding carboxylic acids is 1. The monoisotopic (exact) mass is 321 g/mol. The van der Waals surface area contributed by atoms with Crippen LogP contribution in [0.5, 0.6) is 0 Å². The van der Waals surface area contributed by atoms with Gasteiger partial charge < -0.3 is 14.8 Å². The number of para-hydroxylation sites is 2. The van der Waals surface area contributed by atoms with Gasteiger partial charge in [0.2, 0.25) is 0 Å². The Bertz CT molecular complexity index is 920. The van der Waals surface area contributed by atoms with Crippen molar-refractivity contribution in [3.05, 3.63) is 71.5 Å². The van der Waals surface area contributed by atoms with E-state index in [-0.39, 0.29) is 17.2 Å². The average molecular weight is 321 g/mol. The van der Waals surface area contributed by atoms with E-state index in [0.717, 1.165) is 11.0 Å². The molecule has 0 unspecified atom stereocenters. The number of carboxylic acid groups (broad SMARTS) is 1. The van der Waals surface area contributed by atoms with Crippen molar-refractivity contribution < 1.29 is 19.1 Å². The Labute approximate surface area is 138 Å². The van der Waals surface area contributed by atoms with Crippen LogP contribution >= 0.6 is 0 Å². The number of amides is 1. The lowest BCUT2D eigenvalue weighted by Gasteiger charge is -2.08. The molecule has 1 aromatic heterocycles. The first kappa shape index (κ1) is 15.6. The molecular weight excluding hydrogens is 306 g/mol. The van der Waals surface area contributed by atoms with Crippen LogP contribution in [-0.4, -0.2) is 17.0 Å². The summed E-state index contributed by atoms with van der Waals surface area (Å²) in [6.45, 7) is 1.64. The molecule has 0 fully saturated rings. The zero-order valence-electron chi connectivity index (χ0n) is 12.9. The van der Waals surface area contributed by atoms with E-state index in [2.05, 4.69) is 5.32 Å². The molecule has 0 aliphatic heterocycles. The summed E-state index contributed by atoms with van der Waals surface area (Å²) in [4.78, 5) is 23.5. The van der Waals surface area contributed by atoms with E-state index in [1.807, 2.05) is 30.3 Å². The number of fused-ring (bicyclic) bond motifs is 1. The maximum absolute atomic E-state index is 12.3. The van der Waals surface area contributed by atoms with Gasteiger partial charge in [-0.05, 0) is 37.3 Å². The first-order chi connectivity index (χ1) is 11.5. The minimum atomic E-state index is -1.09. The van der Waals surface area contributed by atoms with Gasteiger partial charge >= 0.3 is 5.97 Å². The highest BCUT2D eigenvalue weighted by atomic mass is 16.4. The van der Waals surface area contributed by atoms with Crippen LogP contribution in [0.15, 0.2) is 64.6 Å². The fraction of sp³-hybridized carbons (Fsp3) is 0.0526. The van der Waals surface area contributed by atoms with Crippen molar-refractivity contribution in [3.8, 4) is 0 Å².